The summed E-state index contributed by atoms with van der Waals surface area (Å²) in [6, 6.07) is 4.60. The lowest BCUT2D eigenvalue weighted by atomic mass is 10.1. The van der Waals surface area contributed by atoms with Crippen LogP contribution in [0.2, 0.25) is 0 Å². The highest BCUT2D eigenvalue weighted by molar-refractivity contribution is 6.05. The Hall–Kier alpha value is -3.43. The molecule has 2 aromatic rings. The number of hydrazine groups is 1. The second-order valence-corrected chi connectivity index (χ2v) is 4.62. The number of hydrogen-bond donors (Lipinski definition) is 5. The van der Waals surface area contributed by atoms with Crippen molar-refractivity contribution in [3.63, 3.8) is 0 Å². The average Bonchev–Trinajstić information content (AvgIpc) is 2.52. The molecule has 23 heavy (non-hydrogen) atoms. The van der Waals surface area contributed by atoms with Crippen LogP contribution in [0, 0.1) is 0 Å². The molecule has 1 unspecified atom stereocenters. The van der Waals surface area contributed by atoms with Crippen LogP contribution in [0.1, 0.15) is 17.4 Å². The van der Waals surface area contributed by atoms with E-state index < -0.39 is 29.4 Å². The van der Waals surface area contributed by atoms with Crippen LogP contribution in [0.4, 0.5) is 4.79 Å². The van der Waals surface area contributed by atoms with Gasteiger partial charge in [-0.2, -0.15) is 5.10 Å². The zero-order valence-corrected chi connectivity index (χ0v) is 12.0. The molecule has 0 fully saturated rings. The number of hydrogen-bond acceptors (Lipinski definition) is 5. The van der Waals surface area contributed by atoms with E-state index in [0.29, 0.717) is 10.8 Å². The highest BCUT2D eigenvalue weighted by atomic mass is 16.2. The molecule has 10 nitrogen and oxygen atoms in total. The van der Waals surface area contributed by atoms with Crippen molar-refractivity contribution >= 4 is 28.6 Å². The van der Waals surface area contributed by atoms with Gasteiger partial charge in [0.15, 0.2) is 5.69 Å². The Labute approximate surface area is 129 Å². The number of rotatable bonds is 3. The van der Waals surface area contributed by atoms with E-state index in [1.165, 1.54) is 6.92 Å². The predicted molar refractivity (Wildman–Crippen MR) is 80.2 cm³/mol. The minimum absolute atomic E-state index is 0.0592. The summed E-state index contributed by atoms with van der Waals surface area (Å²) >= 11 is 0. The van der Waals surface area contributed by atoms with Crippen molar-refractivity contribution in [1.82, 2.24) is 26.4 Å². The molecule has 1 heterocycles. The summed E-state index contributed by atoms with van der Waals surface area (Å²) in [6.07, 6.45) is 0. The largest absolute Gasteiger partial charge is 0.352 e. The highest BCUT2D eigenvalue weighted by Crippen LogP contribution is 2.11. The number of aromatic nitrogens is 2. The maximum absolute atomic E-state index is 12.1. The summed E-state index contributed by atoms with van der Waals surface area (Å²) in [5.41, 5.74) is 8.68. The number of amides is 4. The normalized spacial score (nSPS) is 11.5. The Kier molecular flexibility index (Phi) is 4.55. The number of nitrogens with zero attached hydrogens (tertiary/aromatic N) is 1. The van der Waals surface area contributed by atoms with Crippen molar-refractivity contribution in [1.29, 1.82) is 0 Å². The first-order valence-electron chi connectivity index (χ1n) is 6.53. The number of carbonyl (C=O) groups excluding carboxylic acids is 3. The van der Waals surface area contributed by atoms with Gasteiger partial charge < -0.3 is 11.1 Å². The summed E-state index contributed by atoms with van der Waals surface area (Å²) in [5.74, 6) is -1.40. The predicted octanol–water partition coefficient (Wildman–Crippen LogP) is -1.26. The molecular formula is C13H14N6O4. The number of benzene rings is 1. The standard InChI is InChI=1S/C13H14N6O4/c1-6(15-13(14)23)10(20)17-19-12(22)9-7-4-2-3-5-8(7)11(21)18-16-9/h2-6H,1H3,(H,17,20)(H,18,21)(H,19,22)(H3,14,15,23). The molecule has 1 aromatic heterocycles. The summed E-state index contributed by atoms with van der Waals surface area (Å²) in [5, 5.41) is 8.68. The van der Waals surface area contributed by atoms with E-state index >= 15 is 0 Å². The van der Waals surface area contributed by atoms with E-state index in [-0.39, 0.29) is 5.69 Å². The molecule has 0 saturated carbocycles. The fourth-order valence-electron chi connectivity index (χ4n) is 1.85. The van der Waals surface area contributed by atoms with Crippen LogP contribution >= 0.6 is 0 Å². The molecule has 0 aliphatic rings. The zero-order chi connectivity index (χ0) is 17.0. The molecule has 4 amide bonds. The van der Waals surface area contributed by atoms with E-state index in [2.05, 4.69) is 26.4 Å². The van der Waals surface area contributed by atoms with Gasteiger partial charge >= 0.3 is 6.03 Å². The van der Waals surface area contributed by atoms with Gasteiger partial charge in [-0.3, -0.25) is 25.2 Å². The third-order valence-electron chi connectivity index (χ3n) is 2.96. The number of primary amides is 1. The van der Waals surface area contributed by atoms with Crippen LogP contribution in [-0.4, -0.2) is 34.1 Å². The molecule has 0 aliphatic heterocycles. The molecule has 0 aliphatic carbocycles. The number of nitrogens with two attached hydrogens (primary N) is 1. The number of urea groups is 1. The number of carbonyl (C=O) groups is 3. The van der Waals surface area contributed by atoms with Gasteiger partial charge in [0.05, 0.1) is 5.39 Å². The SMILES string of the molecule is CC(NC(N)=O)C(=O)NNC(=O)c1n[nH]c(=O)c2ccccc12. The van der Waals surface area contributed by atoms with Crippen LogP contribution in [0.3, 0.4) is 0 Å². The quantitative estimate of drug-likeness (QED) is 0.446. The number of fused-ring (bicyclic) bond motifs is 1. The van der Waals surface area contributed by atoms with E-state index in [1.807, 2.05) is 0 Å². The lowest BCUT2D eigenvalue weighted by Gasteiger charge is -2.13. The molecular weight excluding hydrogens is 304 g/mol. The van der Waals surface area contributed by atoms with Gasteiger partial charge in [-0.05, 0) is 13.0 Å². The van der Waals surface area contributed by atoms with Gasteiger partial charge in [0, 0.05) is 5.39 Å². The van der Waals surface area contributed by atoms with Crippen LogP contribution in [0.5, 0.6) is 0 Å². The monoisotopic (exact) mass is 318 g/mol. The maximum Gasteiger partial charge on any atom is 0.312 e. The molecule has 0 radical (unpaired) electrons. The summed E-state index contributed by atoms with van der Waals surface area (Å²) < 4.78 is 0. The Balaban J connectivity index is 2.13. The average molecular weight is 318 g/mol. The topological polar surface area (TPSA) is 159 Å². The van der Waals surface area contributed by atoms with Crippen molar-refractivity contribution in [2.45, 2.75) is 13.0 Å². The van der Waals surface area contributed by atoms with Crippen LogP contribution in [0.25, 0.3) is 10.8 Å². The smallest absolute Gasteiger partial charge is 0.312 e. The molecule has 10 heteroatoms. The molecule has 0 spiro atoms. The van der Waals surface area contributed by atoms with E-state index in [0.717, 1.165) is 0 Å². The highest BCUT2D eigenvalue weighted by Gasteiger charge is 2.17. The van der Waals surface area contributed by atoms with E-state index in [9.17, 15) is 19.2 Å². The van der Waals surface area contributed by atoms with Crippen LogP contribution < -0.4 is 27.5 Å². The first-order valence-corrected chi connectivity index (χ1v) is 6.53. The van der Waals surface area contributed by atoms with Gasteiger partial charge in [0.25, 0.3) is 17.4 Å². The number of nitrogens with one attached hydrogen (secondary N) is 4. The van der Waals surface area contributed by atoms with Crippen molar-refractivity contribution in [2.75, 3.05) is 0 Å². The Bertz CT molecular complexity index is 831. The van der Waals surface area contributed by atoms with E-state index in [1.54, 1.807) is 24.3 Å². The summed E-state index contributed by atoms with van der Waals surface area (Å²) in [6.45, 7) is 1.39. The maximum atomic E-state index is 12.1. The molecule has 6 N–H and O–H groups in total. The Morgan fingerprint density at radius 2 is 1.83 bits per heavy atom. The third kappa shape index (κ3) is 3.61. The van der Waals surface area contributed by atoms with Crippen molar-refractivity contribution in [2.24, 2.45) is 5.73 Å². The minimum Gasteiger partial charge on any atom is -0.352 e. The van der Waals surface area contributed by atoms with Gasteiger partial charge in [-0.25, -0.2) is 9.89 Å². The minimum atomic E-state index is -0.937. The second-order valence-electron chi connectivity index (χ2n) is 4.62. The van der Waals surface area contributed by atoms with E-state index in [4.69, 9.17) is 5.73 Å². The molecule has 0 bridgehead atoms. The van der Waals surface area contributed by atoms with Crippen LogP contribution in [-0.2, 0) is 4.79 Å². The summed E-state index contributed by atoms with van der Waals surface area (Å²) in [4.78, 5) is 46.0. The van der Waals surface area contributed by atoms with Gasteiger partial charge in [-0.15, -0.1) is 0 Å². The molecule has 120 valence electrons. The fraction of sp³-hybridized carbons (Fsp3) is 0.154. The van der Waals surface area contributed by atoms with Gasteiger partial charge in [-0.1, -0.05) is 18.2 Å². The Morgan fingerprint density at radius 3 is 2.48 bits per heavy atom. The van der Waals surface area contributed by atoms with Gasteiger partial charge in [0.2, 0.25) is 0 Å². The number of aromatic amines is 1. The summed E-state index contributed by atoms with van der Waals surface area (Å²) in [7, 11) is 0. The van der Waals surface area contributed by atoms with Crippen LogP contribution in [0.15, 0.2) is 29.1 Å². The van der Waals surface area contributed by atoms with Crippen molar-refractivity contribution in [3.05, 3.63) is 40.3 Å². The lowest BCUT2D eigenvalue weighted by molar-refractivity contribution is -0.123. The van der Waals surface area contributed by atoms with Crippen molar-refractivity contribution in [3.8, 4) is 0 Å². The molecule has 2 rings (SSSR count). The van der Waals surface area contributed by atoms with Gasteiger partial charge in [0.1, 0.15) is 6.04 Å². The first-order chi connectivity index (χ1) is 10.9. The molecule has 1 atom stereocenters. The second kappa shape index (κ2) is 6.56. The third-order valence-corrected chi connectivity index (χ3v) is 2.96. The zero-order valence-electron chi connectivity index (χ0n) is 12.0. The lowest BCUT2D eigenvalue weighted by Crippen LogP contribution is -2.52. The van der Waals surface area contributed by atoms with Crippen molar-refractivity contribution < 1.29 is 14.4 Å². The number of H-pyrrole nitrogens is 1. The molecule has 1 aromatic carbocycles. The first kappa shape index (κ1) is 15.9. The Morgan fingerprint density at radius 1 is 1.17 bits per heavy atom. The fourth-order valence-corrected chi connectivity index (χ4v) is 1.85. The molecule has 0 saturated heterocycles.